The van der Waals surface area contributed by atoms with Crippen LogP contribution in [0.5, 0.6) is 0 Å². The van der Waals surface area contributed by atoms with E-state index < -0.39 is 35.7 Å². The van der Waals surface area contributed by atoms with Gasteiger partial charge >= 0.3 is 0 Å². The lowest BCUT2D eigenvalue weighted by Crippen LogP contribution is -2.63. The molecule has 0 saturated carbocycles. The van der Waals surface area contributed by atoms with Crippen molar-refractivity contribution in [3.05, 3.63) is 65.7 Å². The molecule has 1 fully saturated rings. The molecule has 0 bridgehead atoms. The standard InChI is InChI=1S/C36H44ClN7O6/c1-23(2)31(42-36-41-26-10-8-9-12-29(26)50-36)35(49)43-20-21-44(25-16-14-24(37)15-17-25)28(22-43)33(47)40-27-11-6-4-3-5-7-13-30(45)38-18-19-39-34(48)32(27)46/h4,6,8-10,12,14-17,23,27-28,31H,3,5,7,11,13,18-22H2,1-2H3,(H,38,45)(H,39,48)(H,40,47)(H,41,42)/t27-,28-,31?/m1/s1. The van der Waals surface area contributed by atoms with Crippen LogP contribution in [0.4, 0.5) is 11.7 Å². The van der Waals surface area contributed by atoms with Crippen LogP contribution in [0.25, 0.3) is 11.1 Å². The summed E-state index contributed by atoms with van der Waals surface area (Å²) in [5, 5.41) is 11.8. The molecule has 0 aliphatic carbocycles. The Morgan fingerprint density at radius 2 is 1.74 bits per heavy atom. The normalized spacial score (nSPS) is 20.4. The van der Waals surface area contributed by atoms with Gasteiger partial charge in [-0.05, 0) is 68.0 Å². The van der Waals surface area contributed by atoms with Gasteiger partial charge in [-0.15, -0.1) is 0 Å². The monoisotopic (exact) mass is 705 g/mol. The molecule has 4 N–H and O–H groups in total. The molecule has 3 heterocycles. The molecule has 50 heavy (non-hydrogen) atoms. The second kappa shape index (κ2) is 17.1. The topological polar surface area (TPSA) is 166 Å². The van der Waals surface area contributed by atoms with Crippen LogP contribution in [0.1, 0.15) is 46.0 Å². The number of anilines is 2. The third kappa shape index (κ3) is 9.41. The van der Waals surface area contributed by atoms with Gasteiger partial charge in [0.2, 0.25) is 23.5 Å². The Balaban J connectivity index is 1.36. The summed E-state index contributed by atoms with van der Waals surface area (Å²) >= 11 is 6.17. The summed E-state index contributed by atoms with van der Waals surface area (Å²) in [5.41, 5.74) is 1.98. The first-order valence-electron chi connectivity index (χ1n) is 17.1. The summed E-state index contributed by atoms with van der Waals surface area (Å²) in [5.74, 6) is -2.64. The molecule has 3 aromatic rings. The van der Waals surface area contributed by atoms with Gasteiger partial charge in [-0.25, -0.2) is 0 Å². The van der Waals surface area contributed by atoms with Gasteiger partial charge in [0.1, 0.15) is 23.6 Å². The van der Waals surface area contributed by atoms with Crippen LogP contribution in [-0.4, -0.2) is 90.1 Å². The van der Waals surface area contributed by atoms with E-state index in [1.807, 2.05) is 43.0 Å². The predicted octanol–water partition coefficient (Wildman–Crippen LogP) is 3.44. The number of oxazole rings is 1. The average Bonchev–Trinajstić information content (AvgIpc) is 3.53. The van der Waals surface area contributed by atoms with E-state index in [4.69, 9.17) is 16.0 Å². The Bertz CT molecular complexity index is 1680. The number of para-hydroxylation sites is 2. The summed E-state index contributed by atoms with van der Waals surface area (Å²) in [6.45, 7) is 4.77. The number of hydrogen-bond donors (Lipinski definition) is 4. The van der Waals surface area contributed by atoms with Crippen molar-refractivity contribution in [3.63, 3.8) is 0 Å². The van der Waals surface area contributed by atoms with E-state index in [0.29, 0.717) is 48.5 Å². The maximum atomic E-state index is 14.2. The Morgan fingerprint density at radius 1 is 0.980 bits per heavy atom. The molecule has 0 radical (unpaired) electrons. The summed E-state index contributed by atoms with van der Waals surface area (Å²) in [4.78, 5) is 74.5. The minimum Gasteiger partial charge on any atom is -0.424 e. The highest BCUT2D eigenvalue weighted by atomic mass is 35.5. The van der Waals surface area contributed by atoms with E-state index >= 15 is 0 Å². The van der Waals surface area contributed by atoms with Crippen molar-refractivity contribution >= 4 is 63.8 Å². The predicted molar refractivity (Wildman–Crippen MR) is 191 cm³/mol. The summed E-state index contributed by atoms with van der Waals surface area (Å²) in [6.07, 6.45) is 6.33. The number of benzene rings is 2. The highest BCUT2D eigenvalue weighted by Gasteiger charge is 2.39. The molecule has 2 aliphatic heterocycles. The number of nitrogens with one attached hydrogen (secondary N) is 4. The van der Waals surface area contributed by atoms with Gasteiger partial charge in [0.15, 0.2) is 5.58 Å². The first-order valence-corrected chi connectivity index (χ1v) is 17.5. The largest absolute Gasteiger partial charge is 0.424 e. The first-order chi connectivity index (χ1) is 24.1. The lowest BCUT2D eigenvalue weighted by atomic mass is 10.0. The molecule has 13 nitrogen and oxygen atoms in total. The number of fused-ring (bicyclic) bond motifs is 1. The zero-order valence-electron chi connectivity index (χ0n) is 28.3. The molecule has 0 spiro atoms. The lowest BCUT2D eigenvalue weighted by Gasteiger charge is -2.43. The Kier molecular flexibility index (Phi) is 12.5. The van der Waals surface area contributed by atoms with E-state index in [1.165, 1.54) is 0 Å². The lowest BCUT2D eigenvalue weighted by molar-refractivity contribution is -0.140. The minimum absolute atomic E-state index is 0.0222. The zero-order chi connectivity index (χ0) is 35.6. The van der Waals surface area contributed by atoms with Crippen molar-refractivity contribution in [1.82, 2.24) is 25.8 Å². The van der Waals surface area contributed by atoms with E-state index in [2.05, 4.69) is 26.3 Å². The van der Waals surface area contributed by atoms with Crippen molar-refractivity contribution in [2.75, 3.05) is 42.9 Å². The highest BCUT2D eigenvalue weighted by molar-refractivity contribution is 6.38. The fourth-order valence-electron chi connectivity index (χ4n) is 6.04. The van der Waals surface area contributed by atoms with Crippen LogP contribution in [0, 0.1) is 5.92 Å². The van der Waals surface area contributed by atoms with Gasteiger partial charge in [0.05, 0.1) is 6.54 Å². The van der Waals surface area contributed by atoms with Crippen LogP contribution in [-0.2, 0) is 24.0 Å². The molecule has 2 aromatic carbocycles. The summed E-state index contributed by atoms with van der Waals surface area (Å²) < 4.78 is 5.84. The van der Waals surface area contributed by atoms with Gasteiger partial charge < -0.3 is 35.5 Å². The smallest absolute Gasteiger partial charge is 0.296 e. The number of halogens is 1. The Hall–Kier alpha value is -4.91. The average molecular weight is 706 g/mol. The molecule has 1 aromatic heterocycles. The fourth-order valence-corrected chi connectivity index (χ4v) is 6.16. The van der Waals surface area contributed by atoms with E-state index in [9.17, 15) is 24.0 Å². The quantitative estimate of drug-likeness (QED) is 0.213. The molecule has 14 heteroatoms. The van der Waals surface area contributed by atoms with Gasteiger partial charge in [-0.3, -0.25) is 24.0 Å². The molecule has 2 aliphatic rings. The molecule has 1 saturated heterocycles. The van der Waals surface area contributed by atoms with Crippen molar-refractivity contribution in [1.29, 1.82) is 0 Å². The first kappa shape index (κ1) is 36.4. The SMILES string of the molecule is CC(C)C(Nc1nc2ccccc2o1)C(=O)N1CCN(c2ccc(Cl)cc2)[C@@H](C(=O)N[C@@H]2CC=CCCCCC(=O)NCCNC(=O)C2=O)C1. The zero-order valence-corrected chi connectivity index (χ0v) is 29.1. The fraction of sp³-hybridized carbons (Fsp3) is 0.444. The van der Waals surface area contributed by atoms with Gasteiger partial charge in [-0.2, -0.15) is 4.98 Å². The van der Waals surface area contributed by atoms with Crippen LogP contribution >= 0.6 is 11.6 Å². The molecule has 3 atom stereocenters. The Labute approximate surface area is 296 Å². The second-order valence-electron chi connectivity index (χ2n) is 12.8. The number of ketones is 1. The van der Waals surface area contributed by atoms with Crippen LogP contribution in [0.15, 0.2) is 65.1 Å². The molecule has 266 valence electrons. The van der Waals surface area contributed by atoms with Gasteiger partial charge in [-0.1, -0.05) is 49.7 Å². The number of piperazine rings is 1. The van der Waals surface area contributed by atoms with E-state index in [1.54, 1.807) is 41.3 Å². The number of carbonyl (C=O) groups is 5. The van der Waals surface area contributed by atoms with Gasteiger partial charge in [0.25, 0.3) is 11.9 Å². The van der Waals surface area contributed by atoms with Crippen molar-refractivity contribution in [3.8, 4) is 0 Å². The maximum absolute atomic E-state index is 14.2. The van der Waals surface area contributed by atoms with Crippen molar-refractivity contribution < 1.29 is 28.4 Å². The molecule has 4 amide bonds. The van der Waals surface area contributed by atoms with Gasteiger partial charge in [0, 0.05) is 43.3 Å². The van der Waals surface area contributed by atoms with Crippen LogP contribution in [0.2, 0.25) is 5.02 Å². The number of Topliss-reactive ketones (excluding diaryl/α,β-unsaturated/α-hetero) is 1. The van der Waals surface area contributed by atoms with E-state index in [-0.39, 0.29) is 49.8 Å². The third-order valence-electron chi connectivity index (χ3n) is 8.81. The number of nitrogens with zero attached hydrogens (tertiary/aromatic N) is 3. The number of amides is 4. The molecular formula is C36H44ClN7O6. The Morgan fingerprint density at radius 3 is 2.50 bits per heavy atom. The second-order valence-corrected chi connectivity index (χ2v) is 13.2. The number of rotatable bonds is 7. The minimum atomic E-state index is -1.14. The van der Waals surface area contributed by atoms with Crippen molar-refractivity contribution in [2.45, 2.75) is 64.1 Å². The van der Waals surface area contributed by atoms with Crippen molar-refractivity contribution in [2.24, 2.45) is 5.92 Å². The number of carbonyl (C=O) groups excluding carboxylic acids is 5. The van der Waals surface area contributed by atoms with E-state index in [0.717, 1.165) is 12.1 Å². The number of hydrogen-bond acceptors (Lipinski definition) is 9. The van der Waals surface area contributed by atoms with Crippen LogP contribution in [0.3, 0.4) is 0 Å². The third-order valence-corrected chi connectivity index (χ3v) is 9.06. The summed E-state index contributed by atoms with van der Waals surface area (Å²) in [6, 6.07) is 11.9. The summed E-state index contributed by atoms with van der Waals surface area (Å²) in [7, 11) is 0. The maximum Gasteiger partial charge on any atom is 0.296 e. The highest BCUT2D eigenvalue weighted by Crippen LogP contribution is 2.26. The van der Waals surface area contributed by atoms with Crippen LogP contribution < -0.4 is 26.2 Å². The molecular weight excluding hydrogens is 662 g/mol. The number of allylic oxidation sites excluding steroid dienone is 1. The number of aromatic nitrogens is 1. The molecule has 5 rings (SSSR count). The molecule has 1 unspecified atom stereocenters.